The first-order valence-electron chi connectivity index (χ1n) is 6.01. The zero-order valence-corrected chi connectivity index (χ0v) is 9.69. The van der Waals surface area contributed by atoms with Crippen LogP contribution >= 0.6 is 0 Å². The van der Waals surface area contributed by atoms with Crippen molar-refractivity contribution in [2.45, 2.75) is 12.8 Å². The number of benzene rings is 1. The Hall–Kier alpha value is -1.55. The third-order valence-corrected chi connectivity index (χ3v) is 3.67. The number of ether oxygens (including phenoxy) is 1. The lowest BCUT2D eigenvalue weighted by Crippen LogP contribution is -2.44. The van der Waals surface area contributed by atoms with Gasteiger partial charge in [-0.05, 0) is 25.0 Å². The van der Waals surface area contributed by atoms with Crippen LogP contribution in [-0.2, 0) is 4.79 Å². The van der Waals surface area contributed by atoms with Crippen LogP contribution in [-0.4, -0.2) is 25.6 Å². The van der Waals surface area contributed by atoms with Crippen molar-refractivity contribution in [3.8, 4) is 5.75 Å². The molecule has 1 aliphatic heterocycles. The molecule has 0 unspecified atom stereocenters. The number of hydrogen-bond acceptors (Lipinski definition) is 3. The quantitative estimate of drug-likeness (QED) is 0.832. The van der Waals surface area contributed by atoms with Gasteiger partial charge in [0.2, 0.25) is 5.91 Å². The van der Waals surface area contributed by atoms with E-state index in [9.17, 15) is 4.79 Å². The van der Waals surface area contributed by atoms with E-state index in [4.69, 9.17) is 10.5 Å². The van der Waals surface area contributed by atoms with Crippen molar-refractivity contribution < 1.29 is 9.53 Å². The highest BCUT2D eigenvalue weighted by Gasteiger charge is 2.51. The molecule has 90 valence electrons. The van der Waals surface area contributed by atoms with E-state index in [2.05, 4.69) is 0 Å². The number of anilines is 1. The number of nitrogens with two attached hydrogens (primary N) is 1. The van der Waals surface area contributed by atoms with Gasteiger partial charge in [0.05, 0.1) is 17.6 Å². The van der Waals surface area contributed by atoms with E-state index in [1.807, 2.05) is 29.2 Å². The number of carbonyl (C=O) groups excluding carboxylic acids is 1. The Labute approximate surface area is 100 Å². The summed E-state index contributed by atoms with van der Waals surface area (Å²) in [7, 11) is 0. The first kappa shape index (κ1) is 10.6. The van der Waals surface area contributed by atoms with Crippen LogP contribution in [0.15, 0.2) is 24.3 Å². The zero-order chi connectivity index (χ0) is 11.9. The summed E-state index contributed by atoms with van der Waals surface area (Å²) in [5.74, 6) is 0.954. The first-order valence-corrected chi connectivity index (χ1v) is 6.01. The number of rotatable bonds is 2. The molecule has 3 rings (SSSR count). The zero-order valence-electron chi connectivity index (χ0n) is 9.69. The van der Waals surface area contributed by atoms with Gasteiger partial charge in [0.15, 0.2) is 0 Å². The van der Waals surface area contributed by atoms with Gasteiger partial charge >= 0.3 is 0 Å². The van der Waals surface area contributed by atoms with E-state index in [0.29, 0.717) is 19.7 Å². The van der Waals surface area contributed by atoms with Crippen molar-refractivity contribution in [2.24, 2.45) is 11.1 Å². The number of carbonyl (C=O) groups is 1. The van der Waals surface area contributed by atoms with Crippen LogP contribution in [0.25, 0.3) is 0 Å². The van der Waals surface area contributed by atoms with E-state index in [1.165, 1.54) is 0 Å². The second kappa shape index (κ2) is 3.74. The Morgan fingerprint density at radius 3 is 2.88 bits per heavy atom. The summed E-state index contributed by atoms with van der Waals surface area (Å²) in [6.45, 7) is 1.63. The fraction of sp³-hybridized carbons (Fsp3) is 0.462. The Bertz CT molecular complexity index is 454. The molecule has 4 heteroatoms. The standard InChI is InChI=1S/C13H16N2O2/c14-9-13(5-6-13)12(16)15-7-8-17-11-4-2-1-3-10(11)15/h1-4H,5-9,14H2. The number of para-hydroxylation sites is 2. The van der Waals surface area contributed by atoms with Gasteiger partial charge in [0.25, 0.3) is 0 Å². The summed E-state index contributed by atoms with van der Waals surface area (Å²) in [6, 6.07) is 7.67. The van der Waals surface area contributed by atoms with E-state index < -0.39 is 0 Å². The molecule has 0 spiro atoms. The van der Waals surface area contributed by atoms with Gasteiger partial charge in [-0.3, -0.25) is 4.79 Å². The molecule has 1 heterocycles. The highest BCUT2D eigenvalue weighted by molar-refractivity contribution is 6.00. The molecule has 0 radical (unpaired) electrons. The third-order valence-electron chi connectivity index (χ3n) is 3.67. The number of nitrogens with zero attached hydrogens (tertiary/aromatic N) is 1. The van der Waals surface area contributed by atoms with Gasteiger partial charge in [0.1, 0.15) is 12.4 Å². The molecule has 0 saturated heterocycles. The minimum absolute atomic E-state index is 0.163. The molecule has 4 nitrogen and oxygen atoms in total. The molecule has 0 bridgehead atoms. The molecule has 1 amide bonds. The molecule has 1 saturated carbocycles. The van der Waals surface area contributed by atoms with Crippen molar-refractivity contribution in [3.05, 3.63) is 24.3 Å². The average molecular weight is 232 g/mol. The lowest BCUT2D eigenvalue weighted by atomic mass is 10.0. The van der Waals surface area contributed by atoms with Gasteiger partial charge in [-0.2, -0.15) is 0 Å². The Morgan fingerprint density at radius 1 is 1.41 bits per heavy atom. The third kappa shape index (κ3) is 1.60. The van der Waals surface area contributed by atoms with Crippen LogP contribution in [0.2, 0.25) is 0 Å². The lowest BCUT2D eigenvalue weighted by molar-refractivity contribution is -0.123. The fourth-order valence-corrected chi connectivity index (χ4v) is 2.32. The van der Waals surface area contributed by atoms with Gasteiger partial charge in [-0.1, -0.05) is 12.1 Å². The SMILES string of the molecule is NCC1(C(=O)N2CCOc3ccccc32)CC1. The van der Waals surface area contributed by atoms with Crippen molar-refractivity contribution in [3.63, 3.8) is 0 Å². The average Bonchev–Trinajstić information content (AvgIpc) is 3.18. The number of fused-ring (bicyclic) bond motifs is 1. The topological polar surface area (TPSA) is 55.6 Å². The Morgan fingerprint density at radius 2 is 2.18 bits per heavy atom. The predicted octanol–water partition coefficient (Wildman–Crippen LogP) is 1.15. The smallest absolute Gasteiger partial charge is 0.234 e. The second-order valence-electron chi connectivity index (χ2n) is 4.76. The number of hydrogen-bond donors (Lipinski definition) is 1. The summed E-state index contributed by atoms with van der Waals surface area (Å²) in [4.78, 5) is 14.3. The normalized spacial score (nSPS) is 20.4. The van der Waals surface area contributed by atoms with E-state index in [-0.39, 0.29) is 11.3 Å². The minimum atomic E-state index is -0.287. The van der Waals surface area contributed by atoms with Crippen molar-refractivity contribution >= 4 is 11.6 Å². The van der Waals surface area contributed by atoms with Crippen molar-refractivity contribution in [1.29, 1.82) is 0 Å². The Balaban J connectivity index is 1.93. The molecule has 0 aromatic heterocycles. The molecule has 2 aliphatic rings. The van der Waals surface area contributed by atoms with Gasteiger partial charge < -0.3 is 15.4 Å². The van der Waals surface area contributed by atoms with Crippen LogP contribution in [0.5, 0.6) is 5.75 Å². The van der Waals surface area contributed by atoms with Crippen LogP contribution in [0.4, 0.5) is 5.69 Å². The van der Waals surface area contributed by atoms with Crippen molar-refractivity contribution in [2.75, 3.05) is 24.6 Å². The second-order valence-corrected chi connectivity index (χ2v) is 4.76. The van der Waals surface area contributed by atoms with Gasteiger partial charge in [0, 0.05) is 6.54 Å². The van der Waals surface area contributed by atoms with E-state index in [0.717, 1.165) is 24.3 Å². The summed E-state index contributed by atoms with van der Waals surface area (Å²) in [5.41, 5.74) is 6.31. The van der Waals surface area contributed by atoms with Gasteiger partial charge in [-0.25, -0.2) is 0 Å². The summed E-state index contributed by atoms with van der Waals surface area (Å²) >= 11 is 0. The largest absolute Gasteiger partial charge is 0.490 e. The molecule has 1 aliphatic carbocycles. The molecule has 17 heavy (non-hydrogen) atoms. The minimum Gasteiger partial charge on any atom is -0.490 e. The first-order chi connectivity index (χ1) is 8.27. The highest BCUT2D eigenvalue weighted by Crippen LogP contribution is 2.47. The molecule has 0 atom stereocenters. The summed E-state index contributed by atoms with van der Waals surface area (Å²) < 4.78 is 5.55. The monoisotopic (exact) mass is 232 g/mol. The Kier molecular flexibility index (Phi) is 2.33. The van der Waals surface area contributed by atoms with E-state index >= 15 is 0 Å². The summed E-state index contributed by atoms with van der Waals surface area (Å²) in [6.07, 6.45) is 1.84. The predicted molar refractivity (Wildman–Crippen MR) is 65.0 cm³/mol. The van der Waals surface area contributed by atoms with Crippen LogP contribution in [0.1, 0.15) is 12.8 Å². The molecular weight excluding hydrogens is 216 g/mol. The fourth-order valence-electron chi connectivity index (χ4n) is 2.32. The van der Waals surface area contributed by atoms with E-state index in [1.54, 1.807) is 0 Å². The lowest BCUT2D eigenvalue weighted by Gasteiger charge is -2.32. The number of amides is 1. The molecular formula is C13H16N2O2. The van der Waals surface area contributed by atoms with Crippen LogP contribution < -0.4 is 15.4 Å². The molecule has 2 N–H and O–H groups in total. The molecule has 1 fully saturated rings. The van der Waals surface area contributed by atoms with Crippen molar-refractivity contribution in [1.82, 2.24) is 0 Å². The maximum atomic E-state index is 12.5. The molecule has 1 aromatic rings. The summed E-state index contributed by atoms with van der Waals surface area (Å²) in [5, 5.41) is 0. The maximum absolute atomic E-state index is 12.5. The molecule has 1 aromatic carbocycles. The maximum Gasteiger partial charge on any atom is 0.234 e. The highest BCUT2D eigenvalue weighted by atomic mass is 16.5. The van der Waals surface area contributed by atoms with Crippen LogP contribution in [0.3, 0.4) is 0 Å². The van der Waals surface area contributed by atoms with Gasteiger partial charge in [-0.15, -0.1) is 0 Å². The van der Waals surface area contributed by atoms with Crippen LogP contribution in [0, 0.1) is 5.41 Å².